The minimum absolute atomic E-state index is 0.0662. The summed E-state index contributed by atoms with van der Waals surface area (Å²) in [6.07, 6.45) is 22.8. The van der Waals surface area contributed by atoms with E-state index in [1.54, 1.807) is 0 Å². The molecular formula is C22H44O2. The van der Waals surface area contributed by atoms with E-state index >= 15 is 0 Å². The van der Waals surface area contributed by atoms with Crippen molar-refractivity contribution in [1.82, 2.24) is 0 Å². The third-order valence-corrected chi connectivity index (χ3v) is 5.04. The molecule has 0 bridgehead atoms. The van der Waals surface area contributed by atoms with Crippen LogP contribution in [0.25, 0.3) is 0 Å². The van der Waals surface area contributed by atoms with Crippen molar-refractivity contribution in [3.8, 4) is 0 Å². The lowest BCUT2D eigenvalue weighted by Crippen LogP contribution is -2.06. The molecule has 1 atom stereocenters. The minimum Gasteiger partial charge on any atom is -0.469 e. The van der Waals surface area contributed by atoms with Crippen molar-refractivity contribution in [3.63, 3.8) is 0 Å². The van der Waals surface area contributed by atoms with Crippen molar-refractivity contribution in [2.75, 3.05) is 7.11 Å². The molecule has 0 saturated carbocycles. The third-order valence-electron chi connectivity index (χ3n) is 5.04. The van der Waals surface area contributed by atoms with Crippen molar-refractivity contribution >= 4 is 5.97 Å². The lowest BCUT2D eigenvalue weighted by Gasteiger charge is -2.09. The number of carbonyl (C=O) groups excluding carboxylic acids is 1. The van der Waals surface area contributed by atoms with Crippen LogP contribution >= 0.6 is 0 Å². The van der Waals surface area contributed by atoms with E-state index in [0.717, 1.165) is 6.42 Å². The van der Waals surface area contributed by atoms with Crippen LogP contribution in [0, 0.1) is 5.92 Å². The lowest BCUT2D eigenvalue weighted by molar-refractivity contribution is -0.141. The minimum atomic E-state index is -0.0662. The predicted octanol–water partition coefficient (Wildman–Crippen LogP) is 7.45. The van der Waals surface area contributed by atoms with Crippen LogP contribution < -0.4 is 0 Å². The van der Waals surface area contributed by atoms with Gasteiger partial charge < -0.3 is 4.74 Å². The molecule has 0 rings (SSSR count). The van der Waals surface area contributed by atoms with Crippen LogP contribution in [-0.4, -0.2) is 13.1 Å². The molecule has 144 valence electrons. The van der Waals surface area contributed by atoms with Gasteiger partial charge in [0.25, 0.3) is 0 Å². The largest absolute Gasteiger partial charge is 0.469 e. The molecule has 0 radical (unpaired) electrons. The molecule has 0 aliphatic heterocycles. The molecule has 0 heterocycles. The fourth-order valence-electron chi connectivity index (χ4n) is 3.33. The summed E-state index contributed by atoms with van der Waals surface area (Å²) in [5, 5.41) is 0. The molecule has 0 amide bonds. The topological polar surface area (TPSA) is 26.3 Å². The Morgan fingerprint density at radius 3 is 1.46 bits per heavy atom. The number of hydrogen-bond donors (Lipinski definition) is 0. The Morgan fingerprint density at radius 1 is 0.708 bits per heavy atom. The standard InChI is InChI=1S/C22H44O2/c1-4-5-6-7-8-9-10-11-12-13-14-15-16-17-18-19-21(2)20-22(23)24-3/h21H,4-20H2,1-3H3/t21-/m1/s1. The first-order valence-electron chi connectivity index (χ1n) is 10.8. The van der Waals surface area contributed by atoms with E-state index in [-0.39, 0.29) is 5.97 Å². The van der Waals surface area contributed by atoms with Gasteiger partial charge in [0.1, 0.15) is 0 Å². The zero-order valence-electron chi connectivity index (χ0n) is 16.9. The van der Waals surface area contributed by atoms with Crippen LogP contribution in [-0.2, 0) is 9.53 Å². The second kappa shape index (κ2) is 18.8. The average Bonchev–Trinajstić information content (AvgIpc) is 2.58. The molecule has 0 unspecified atom stereocenters. The van der Waals surface area contributed by atoms with Crippen molar-refractivity contribution in [1.29, 1.82) is 0 Å². The predicted molar refractivity (Wildman–Crippen MR) is 105 cm³/mol. The molecule has 0 aromatic rings. The summed E-state index contributed by atoms with van der Waals surface area (Å²) >= 11 is 0. The normalized spacial score (nSPS) is 12.3. The van der Waals surface area contributed by atoms with Crippen molar-refractivity contribution in [2.24, 2.45) is 5.92 Å². The van der Waals surface area contributed by atoms with E-state index in [9.17, 15) is 4.79 Å². The van der Waals surface area contributed by atoms with Gasteiger partial charge in [-0.2, -0.15) is 0 Å². The molecular weight excluding hydrogens is 296 g/mol. The van der Waals surface area contributed by atoms with E-state index in [0.29, 0.717) is 12.3 Å². The van der Waals surface area contributed by atoms with Gasteiger partial charge in [0, 0.05) is 6.42 Å². The van der Waals surface area contributed by atoms with Gasteiger partial charge in [-0.1, -0.05) is 117 Å². The van der Waals surface area contributed by atoms with Gasteiger partial charge in [0.05, 0.1) is 7.11 Å². The van der Waals surface area contributed by atoms with E-state index in [1.807, 2.05) is 0 Å². The van der Waals surface area contributed by atoms with Crippen LogP contribution in [0.3, 0.4) is 0 Å². The summed E-state index contributed by atoms with van der Waals surface area (Å²) < 4.78 is 4.71. The molecule has 0 N–H and O–H groups in total. The fraction of sp³-hybridized carbons (Fsp3) is 0.955. The van der Waals surface area contributed by atoms with Crippen LogP contribution in [0.5, 0.6) is 0 Å². The van der Waals surface area contributed by atoms with Crippen LogP contribution in [0.2, 0.25) is 0 Å². The van der Waals surface area contributed by atoms with Gasteiger partial charge in [-0.25, -0.2) is 0 Å². The Bertz CT molecular complexity index is 263. The fourth-order valence-corrected chi connectivity index (χ4v) is 3.33. The highest BCUT2D eigenvalue weighted by Gasteiger charge is 2.08. The van der Waals surface area contributed by atoms with Gasteiger partial charge in [-0.3, -0.25) is 4.79 Å². The SMILES string of the molecule is CCCCCCCCCCCCCCCCC[C@@H](C)CC(=O)OC. The maximum Gasteiger partial charge on any atom is 0.305 e. The zero-order valence-corrected chi connectivity index (χ0v) is 16.9. The number of esters is 1. The van der Waals surface area contributed by atoms with E-state index < -0.39 is 0 Å². The molecule has 0 aliphatic rings. The lowest BCUT2D eigenvalue weighted by atomic mass is 9.99. The number of methoxy groups -OCH3 is 1. The number of unbranched alkanes of at least 4 members (excludes halogenated alkanes) is 14. The maximum atomic E-state index is 11.2. The van der Waals surface area contributed by atoms with E-state index in [4.69, 9.17) is 4.74 Å². The molecule has 0 aromatic heterocycles. The Labute approximate surface area is 152 Å². The molecule has 0 fully saturated rings. The van der Waals surface area contributed by atoms with Crippen molar-refractivity contribution in [2.45, 2.75) is 123 Å². The quantitative estimate of drug-likeness (QED) is 0.191. The second-order valence-electron chi connectivity index (χ2n) is 7.62. The summed E-state index contributed by atoms with van der Waals surface area (Å²) in [6, 6.07) is 0. The van der Waals surface area contributed by atoms with Crippen molar-refractivity contribution < 1.29 is 9.53 Å². The Morgan fingerprint density at radius 2 is 1.08 bits per heavy atom. The molecule has 0 spiro atoms. The number of carbonyl (C=O) groups is 1. The molecule has 24 heavy (non-hydrogen) atoms. The summed E-state index contributed by atoms with van der Waals surface area (Å²) in [5.74, 6) is 0.405. The number of ether oxygens (including phenoxy) is 1. The Kier molecular flexibility index (Phi) is 18.4. The summed E-state index contributed by atoms with van der Waals surface area (Å²) in [5.41, 5.74) is 0. The van der Waals surface area contributed by atoms with Crippen LogP contribution in [0.4, 0.5) is 0 Å². The Balaban J connectivity index is 3.11. The first-order chi connectivity index (χ1) is 11.7. The highest BCUT2D eigenvalue weighted by molar-refractivity contribution is 5.69. The average molecular weight is 341 g/mol. The molecule has 2 heteroatoms. The van der Waals surface area contributed by atoms with Gasteiger partial charge >= 0.3 is 5.97 Å². The number of hydrogen-bond acceptors (Lipinski definition) is 2. The first-order valence-corrected chi connectivity index (χ1v) is 10.8. The molecule has 0 aromatic carbocycles. The van der Waals surface area contributed by atoms with Gasteiger partial charge in [-0.15, -0.1) is 0 Å². The summed E-state index contributed by atoms with van der Waals surface area (Å²) in [4.78, 5) is 11.2. The highest BCUT2D eigenvalue weighted by Crippen LogP contribution is 2.16. The second-order valence-corrected chi connectivity index (χ2v) is 7.62. The van der Waals surface area contributed by atoms with E-state index in [2.05, 4.69) is 13.8 Å². The third kappa shape index (κ3) is 17.8. The smallest absolute Gasteiger partial charge is 0.305 e. The highest BCUT2D eigenvalue weighted by atomic mass is 16.5. The monoisotopic (exact) mass is 340 g/mol. The van der Waals surface area contributed by atoms with Crippen LogP contribution in [0.15, 0.2) is 0 Å². The maximum absolute atomic E-state index is 11.2. The van der Waals surface area contributed by atoms with E-state index in [1.165, 1.54) is 103 Å². The number of rotatable bonds is 18. The molecule has 2 nitrogen and oxygen atoms in total. The van der Waals surface area contributed by atoms with Crippen LogP contribution in [0.1, 0.15) is 123 Å². The summed E-state index contributed by atoms with van der Waals surface area (Å²) in [7, 11) is 1.47. The zero-order chi connectivity index (χ0) is 17.9. The van der Waals surface area contributed by atoms with Gasteiger partial charge in [0.2, 0.25) is 0 Å². The van der Waals surface area contributed by atoms with Gasteiger partial charge in [-0.05, 0) is 5.92 Å². The summed E-state index contributed by atoms with van der Waals surface area (Å²) in [6.45, 7) is 4.44. The van der Waals surface area contributed by atoms with Crippen molar-refractivity contribution in [3.05, 3.63) is 0 Å². The molecule has 0 aliphatic carbocycles. The van der Waals surface area contributed by atoms with Gasteiger partial charge in [0.15, 0.2) is 0 Å². The Hall–Kier alpha value is -0.530. The molecule has 0 saturated heterocycles. The first kappa shape index (κ1) is 23.5.